The van der Waals surface area contributed by atoms with E-state index < -0.39 is 0 Å². The van der Waals surface area contributed by atoms with Gasteiger partial charge in [0.2, 0.25) is 0 Å². The Labute approximate surface area is 213 Å². The number of halogens is 1. The minimum Gasteiger partial charge on any atom is -0.337 e. The number of anilines is 1. The van der Waals surface area contributed by atoms with E-state index in [1.165, 1.54) is 22.9 Å². The lowest BCUT2D eigenvalue weighted by atomic mass is 10.1. The van der Waals surface area contributed by atoms with Crippen molar-refractivity contribution in [2.45, 2.75) is 17.7 Å². The maximum Gasteiger partial charge on any atom is 0.269 e. The van der Waals surface area contributed by atoms with Crippen LogP contribution in [0.5, 0.6) is 0 Å². The van der Waals surface area contributed by atoms with Gasteiger partial charge in [-0.2, -0.15) is 0 Å². The largest absolute Gasteiger partial charge is 0.337 e. The van der Waals surface area contributed by atoms with Crippen molar-refractivity contribution in [2.24, 2.45) is 4.99 Å². The molecule has 0 spiro atoms. The van der Waals surface area contributed by atoms with Gasteiger partial charge < -0.3 is 4.90 Å². The fourth-order valence-electron chi connectivity index (χ4n) is 3.98. The van der Waals surface area contributed by atoms with Crippen LogP contribution in [-0.2, 0) is 17.6 Å². The van der Waals surface area contributed by atoms with Crippen LogP contribution in [0.25, 0.3) is 0 Å². The van der Waals surface area contributed by atoms with Crippen LogP contribution in [0.15, 0.2) is 98.7 Å². The quantitative estimate of drug-likeness (QED) is 0.360. The molecule has 34 heavy (non-hydrogen) atoms. The first-order valence-corrected chi connectivity index (χ1v) is 13.2. The molecule has 3 aromatic carbocycles. The number of rotatable bonds is 6. The molecule has 2 aliphatic heterocycles. The monoisotopic (exact) mass is 505 g/mol. The summed E-state index contributed by atoms with van der Waals surface area (Å²) in [6.45, 7) is 1.24. The second kappa shape index (κ2) is 10.3. The smallest absolute Gasteiger partial charge is 0.269 e. The lowest BCUT2D eigenvalue weighted by Gasteiger charge is -2.17. The molecule has 0 radical (unpaired) electrons. The third-order valence-corrected chi connectivity index (χ3v) is 8.51. The maximum atomic E-state index is 13.6. The Morgan fingerprint density at radius 2 is 1.56 bits per heavy atom. The summed E-state index contributed by atoms with van der Waals surface area (Å²) in [5.74, 6) is 0.0210. The molecule has 172 valence electrons. The highest BCUT2D eigenvalue weighted by Gasteiger charge is 2.38. The molecule has 2 heterocycles. The topological polar surface area (TPSA) is 35.9 Å². The number of hydrogen-bond acceptors (Lipinski definition) is 5. The number of nitrogens with zero attached hydrogens (tertiary/aromatic N) is 3. The highest BCUT2D eigenvalue weighted by Crippen LogP contribution is 2.50. The van der Waals surface area contributed by atoms with Crippen LogP contribution in [-0.4, -0.2) is 36.1 Å². The molecule has 1 saturated heterocycles. The second-order valence-electron chi connectivity index (χ2n) is 8.10. The standard InChI is InChI=1S/C27H24ClN3OS2/c1-30-22-18-21(28)12-13-23(22)33-26(30)24-25(32)31(17-15-20-10-6-3-7-11-20)27(34-24)29-16-14-19-8-4-2-5-9-19/h2-13,18H,14-17H2,1H3/b26-24-,29-27?. The van der Waals surface area contributed by atoms with E-state index in [0.29, 0.717) is 18.1 Å². The van der Waals surface area contributed by atoms with Crippen LogP contribution in [0, 0.1) is 0 Å². The van der Waals surface area contributed by atoms with E-state index >= 15 is 0 Å². The lowest BCUT2D eigenvalue weighted by molar-refractivity contribution is -0.122. The van der Waals surface area contributed by atoms with E-state index in [1.54, 1.807) is 11.8 Å². The Balaban J connectivity index is 1.41. The minimum atomic E-state index is 0.0210. The number of carbonyl (C=O) groups excluding carboxylic acids is 1. The minimum absolute atomic E-state index is 0.0210. The van der Waals surface area contributed by atoms with Gasteiger partial charge in [-0.1, -0.05) is 84.0 Å². The molecule has 7 heteroatoms. The van der Waals surface area contributed by atoms with Crippen molar-refractivity contribution >= 4 is 51.9 Å². The Bertz CT molecular complexity index is 1260. The fourth-order valence-corrected chi connectivity index (χ4v) is 6.50. The molecule has 0 bridgehead atoms. The van der Waals surface area contributed by atoms with Crippen LogP contribution in [0.1, 0.15) is 11.1 Å². The highest BCUT2D eigenvalue weighted by molar-refractivity contribution is 8.19. The Hall–Kier alpha value is -2.67. The van der Waals surface area contributed by atoms with Crippen LogP contribution < -0.4 is 4.90 Å². The molecule has 4 nitrogen and oxygen atoms in total. The molecule has 1 amide bonds. The fraction of sp³-hybridized carbons (Fsp3) is 0.185. The van der Waals surface area contributed by atoms with Crippen LogP contribution >= 0.6 is 35.1 Å². The van der Waals surface area contributed by atoms with Gasteiger partial charge >= 0.3 is 0 Å². The Morgan fingerprint density at radius 3 is 2.26 bits per heavy atom. The zero-order valence-corrected chi connectivity index (χ0v) is 21.2. The van der Waals surface area contributed by atoms with E-state index in [4.69, 9.17) is 16.6 Å². The summed E-state index contributed by atoms with van der Waals surface area (Å²) >= 11 is 9.33. The number of amidine groups is 1. The van der Waals surface area contributed by atoms with Gasteiger partial charge in [0.1, 0.15) is 4.91 Å². The lowest BCUT2D eigenvalue weighted by Crippen LogP contribution is -2.32. The number of aliphatic imine (C=N–C) groups is 1. The Morgan fingerprint density at radius 1 is 0.882 bits per heavy atom. The number of carbonyl (C=O) groups is 1. The number of hydrogen-bond donors (Lipinski definition) is 0. The van der Waals surface area contributed by atoms with Crippen molar-refractivity contribution in [3.8, 4) is 0 Å². The van der Waals surface area contributed by atoms with E-state index in [0.717, 1.165) is 38.5 Å². The van der Waals surface area contributed by atoms with E-state index in [9.17, 15) is 4.79 Å². The van der Waals surface area contributed by atoms with Gasteiger partial charge in [0.15, 0.2) is 5.17 Å². The summed E-state index contributed by atoms with van der Waals surface area (Å²) in [4.78, 5) is 24.2. The molecule has 0 aliphatic carbocycles. The van der Waals surface area contributed by atoms with Crippen LogP contribution in [0.4, 0.5) is 5.69 Å². The van der Waals surface area contributed by atoms with Crippen molar-refractivity contribution in [1.29, 1.82) is 0 Å². The molecule has 2 aliphatic rings. The summed E-state index contributed by atoms with van der Waals surface area (Å²) in [6, 6.07) is 26.4. The van der Waals surface area contributed by atoms with Gasteiger partial charge in [-0.15, -0.1) is 0 Å². The van der Waals surface area contributed by atoms with Crippen molar-refractivity contribution in [1.82, 2.24) is 4.90 Å². The molecule has 5 rings (SSSR count). The first-order chi connectivity index (χ1) is 16.6. The molecule has 0 saturated carbocycles. The number of thioether (sulfide) groups is 2. The van der Waals surface area contributed by atoms with E-state index in [1.807, 2.05) is 66.5 Å². The van der Waals surface area contributed by atoms with Gasteiger partial charge in [-0.05, 0) is 53.9 Å². The van der Waals surface area contributed by atoms with Gasteiger partial charge in [0, 0.05) is 30.1 Å². The Kier molecular flexibility index (Phi) is 6.99. The summed E-state index contributed by atoms with van der Waals surface area (Å²) in [5, 5.41) is 2.41. The molecule has 0 aromatic heterocycles. The zero-order chi connectivity index (χ0) is 23.5. The summed E-state index contributed by atoms with van der Waals surface area (Å²) in [7, 11) is 1.99. The molecule has 0 N–H and O–H groups in total. The van der Waals surface area contributed by atoms with Crippen molar-refractivity contribution in [3.05, 3.63) is 105 Å². The average Bonchev–Trinajstić information content (AvgIpc) is 3.35. The second-order valence-corrected chi connectivity index (χ2v) is 10.5. The summed E-state index contributed by atoms with van der Waals surface area (Å²) in [5.41, 5.74) is 3.48. The van der Waals surface area contributed by atoms with Gasteiger partial charge in [0.05, 0.1) is 10.7 Å². The SMILES string of the molecule is CN1/C(=C2/SC(=NCCc3ccccc3)N(CCc3ccccc3)C2=O)Sc2ccc(Cl)cc21. The van der Waals surface area contributed by atoms with Gasteiger partial charge in [-0.3, -0.25) is 14.7 Å². The third-order valence-electron chi connectivity index (χ3n) is 5.81. The maximum absolute atomic E-state index is 13.6. The van der Waals surface area contributed by atoms with Crippen molar-refractivity contribution < 1.29 is 4.79 Å². The molecular weight excluding hydrogens is 482 g/mol. The number of amides is 1. The molecule has 3 aromatic rings. The first-order valence-electron chi connectivity index (χ1n) is 11.2. The predicted octanol–water partition coefficient (Wildman–Crippen LogP) is 6.47. The predicted molar refractivity (Wildman–Crippen MR) is 145 cm³/mol. The zero-order valence-electron chi connectivity index (χ0n) is 18.8. The molecular formula is C27H24ClN3OS2. The summed E-state index contributed by atoms with van der Waals surface area (Å²) < 4.78 is 0. The average molecular weight is 506 g/mol. The van der Waals surface area contributed by atoms with Crippen molar-refractivity contribution in [2.75, 3.05) is 25.0 Å². The van der Waals surface area contributed by atoms with Crippen molar-refractivity contribution in [3.63, 3.8) is 0 Å². The van der Waals surface area contributed by atoms with E-state index in [-0.39, 0.29) is 5.91 Å². The van der Waals surface area contributed by atoms with Gasteiger partial charge in [-0.25, -0.2) is 0 Å². The number of benzene rings is 3. The van der Waals surface area contributed by atoms with Crippen LogP contribution in [0.2, 0.25) is 5.02 Å². The normalized spacial score (nSPS) is 18.8. The third kappa shape index (κ3) is 4.90. The number of fused-ring (bicyclic) bond motifs is 1. The van der Waals surface area contributed by atoms with Gasteiger partial charge in [0.25, 0.3) is 5.91 Å². The highest BCUT2D eigenvalue weighted by atomic mass is 35.5. The summed E-state index contributed by atoms with van der Waals surface area (Å²) in [6.07, 6.45) is 1.63. The van der Waals surface area contributed by atoms with Crippen LogP contribution in [0.3, 0.4) is 0 Å². The van der Waals surface area contributed by atoms with E-state index in [2.05, 4.69) is 29.2 Å². The molecule has 0 atom stereocenters. The molecule has 1 fully saturated rings. The first kappa shape index (κ1) is 23.1. The molecule has 0 unspecified atom stereocenters.